The highest BCUT2D eigenvalue weighted by molar-refractivity contribution is 4.93. The number of hydrogen-bond acceptors (Lipinski definition) is 2. The van der Waals surface area contributed by atoms with E-state index in [-0.39, 0.29) is 0 Å². The Kier molecular flexibility index (Phi) is 4.20. The van der Waals surface area contributed by atoms with Gasteiger partial charge in [0.25, 0.3) is 0 Å². The maximum Gasteiger partial charge on any atom is 0.0198 e. The van der Waals surface area contributed by atoms with Crippen LogP contribution in [0.1, 0.15) is 40.5 Å². The first-order chi connectivity index (χ1) is 6.25. The van der Waals surface area contributed by atoms with Crippen LogP contribution >= 0.6 is 0 Å². The van der Waals surface area contributed by atoms with Gasteiger partial charge in [0.15, 0.2) is 0 Å². The number of hydrogen-bond donors (Lipinski definition) is 1. The zero-order chi connectivity index (χ0) is 9.84. The van der Waals surface area contributed by atoms with Gasteiger partial charge in [-0.1, -0.05) is 13.8 Å². The molecular formula is C11H24N2. The van der Waals surface area contributed by atoms with Crippen molar-refractivity contribution in [3.63, 3.8) is 0 Å². The van der Waals surface area contributed by atoms with Gasteiger partial charge in [-0.3, -0.25) is 4.90 Å². The topological polar surface area (TPSA) is 15.3 Å². The van der Waals surface area contributed by atoms with Crippen LogP contribution in [0.25, 0.3) is 0 Å². The maximum absolute atomic E-state index is 3.63. The molecule has 2 aliphatic heterocycles. The van der Waals surface area contributed by atoms with Gasteiger partial charge in [-0.05, 0) is 26.7 Å². The van der Waals surface area contributed by atoms with Gasteiger partial charge in [-0.2, -0.15) is 0 Å². The minimum absolute atomic E-state index is 0.736. The van der Waals surface area contributed by atoms with Crippen molar-refractivity contribution in [3.05, 3.63) is 0 Å². The Bertz CT molecular complexity index is 133. The normalized spacial score (nSPS) is 33.0. The summed E-state index contributed by atoms with van der Waals surface area (Å²) in [4.78, 5) is 2.60. The van der Waals surface area contributed by atoms with Gasteiger partial charge >= 0.3 is 0 Å². The smallest absolute Gasteiger partial charge is 0.0198 e. The lowest BCUT2D eigenvalue weighted by Crippen LogP contribution is -2.53. The summed E-state index contributed by atoms with van der Waals surface area (Å²) in [5.74, 6) is 0. The van der Waals surface area contributed by atoms with E-state index < -0.39 is 0 Å². The van der Waals surface area contributed by atoms with Crippen molar-refractivity contribution in [2.75, 3.05) is 13.1 Å². The number of piperazine rings is 1. The van der Waals surface area contributed by atoms with E-state index in [9.17, 15) is 0 Å². The number of nitrogens with zero attached hydrogens (tertiary/aromatic N) is 1. The molecule has 2 bridgehead atoms. The van der Waals surface area contributed by atoms with E-state index in [4.69, 9.17) is 0 Å². The van der Waals surface area contributed by atoms with E-state index in [1.165, 1.54) is 25.9 Å². The average Bonchev–Trinajstić information content (AvgIpc) is 2.48. The van der Waals surface area contributed by atoms with Crippen LogP contribution in [0.3, 0.4) is 0 Å². The predicted molar refractivity (Wildman–Crippen MR) is 58.0 cm³/mol. The number of nitrogens with one attached hydrogen (secondary N) is 1. The van der Waals surface area contributed by atoms with Gasteiger partial charge in [0.05, 0.1) is 0 Å². The van der Waals surface area contributed by atoms with Crippen molar-refractivity contribution >= 4 is 0 Å². The number of likely N-dealkylation sites (tertiary alicyclic amines) is 1. The Labute approximate surface area is 82.7 Å². The van der Waals surface area contributed by atoms with Gasteiger partial charge in [-0.25, -0.2) is 0 Å². The van der Waals surface area contributed by atoms with E-state index in [0.717, 1.165) is 18.1 Å². The molecule has 0 aliphatic carbocycles. The Morgan fingerprint density at radius 3 is 1.92 bits per heavy atom. The second kappa shape index (κ2) is 4.97. The third-order valence-electron chi connectivity index (χ3n) is 2.98. The third-order valence-corrected chi connectivity index (χ3v) is 2.98. The summed E-state index contributed by atoms with van der Waals surface area (Å²) in [7, 11) is 0. The summed E-state index contributed by atoms with van der Waals surface area (Å²) in [6.07, 6.45) is 2.79. The molecule has 0 amide bonds. The molecule has 0 aromatic carbocycles. The lowest BCUT2D eigenvalue weighted by Gasteiger charge is -2.35. The summed E-state index contributed by atoms with van der Waals surface area (Å²) in [5.41, 5.74) is 0. The summed E-state index contributed by atoms with van der Waals surface area (Å²) < 4.78 is 0. The molecule has 2 heterocycles. The van der Waals surface area contributed by atoms with Crippen LogP contribution in [0, 0.1) is 0 Å². The molecule has 0 spiro atoms. The van der Waals surface area contributed by atoms with E-state index in [1.54, 1.807) is 0 Å². The molecular weight excluding hydrogens is 160 g/mol. The minimum Gasteiger partial charge on any atom is -0.309 e. The van der Waals surface area contributed by atoms with Crippen LogP contribution in [-0.4, -0.2) is 36.1 Å². The van der Waals surface area contributed by atoms with Crippen LogP contribution in [-0.2, 0) is 0 Å². The molecule has 2 heteroatoms. The molecule has 0 aromatic heterocycles. The first kappa shape index (κ1) is 11.0. The molecule has 0 radical (unpaired) electrons. The van der Waals surface area contributed by atoms with Gasteiger partial charge in [0.1, 0.15) is 0 Å². The fourth-order valence-electron chi connectivity index (χ4n) is 2.25. The Hall–Kier alpha value is -0.0800. The lowest BCUT2D eigenvalue weighted by atomic mass is 10.2. The van der Waals surface area contributed by atoms with Gasteiger partial charge < -0.3 is 5.32 Å². The van der Waals surface area contributed by atoms with Gasteiger partial charge in [-0.15, -0.1) is 0 Å². The zero-order valence-corrected chi connectivity index (χ0v) is 9.51. The molecule has 2 rings (SSSR count). The highest BCUT2D eigenvalue weighted by atomic mass is 15.2. The standard InChI is InChI=1S/C9H18N2.C2H6/c1-7(2)11-5-8-3-4-9(6-11)10-8;1-2/h7-10H,3-6H2,1-2H3;1-2H3. The number of rotatable bonds is 1. The Morgan fingerprint density at radius 1 is 1.08 bits per heavy atom. The van der Waals surface area contributed by atoms with Crippen LogP contribution in [0.2, 0.25) is 0 Å². The van der Waals surface area contributed by atoms with E-state index in [0.29, 0.717) is 0 Å². The second-order valence-corrected chi connectivity index (χ2v) is 4.19. The third kappa shape index (κ3) is 2.68. The quantitative estimate of drug-likeness (QED) is 0.669. The minimum atomic E-state index is 0.736. The Morgan fingerprint density at radius 2 is 1.54 bits per heavy atom. The molecule has 0 saturated carbocycles. The lowest BCUT2D eigenvalue weighted by molar-refractivity contribution is 0.158. The summed E-state index contributed by atoms with van der Waals surface area (Å²) in [6, 6.07) is 2.34. The largest absolute Gasteiger partial charge is 0.309 e. The maximum atomic E-state index is 3.63. The van der Waals surface area contributed by atoms with Crippen molar-refractivity contribution in [1.29, 1.82) is 0 Å². The molecule has 1 N–H and O–H groups in total. The fraction of sp³-hybridized carbons (Fsp3) is 1.00. The van der Waals surface area contributed by atoms with E-state index in [2.05, 4.69) is 24.1 Å². The molecule has 2 nitrogen and oxygen atoms in total. The first-order valence-electron chi connectivity index (χ1n) is 5.76. The van der Waals surface area contributed by atoms with Crippen molar-refractivity contribution in [3.8, 4) is 0 Å². The van der Waals surface area contributed by atoms with Gasteiger partial charge in [0.2, 0.25) is 0 Å². The summed E-state index contributed by atoms with van der Waals surface area (Å²) in [5, 5.41) is 3.63. The monoisotopic (exact) mass is 184 g/mol. The van der Waals surface area contributed by atoms with Crippen molar-refractivity contribution in [1.82, 2.24) is 10.2 Å². The van der Waals surface area contributed by atoms with E-state index >= 15 is 0 Å². The van der Waals surface area contributed by atoms with Crippen LogP contribution in [0.15, 0.2) is 0 Å². The molecule has 78 valence electrons. The van der Waals surface area contributed by atoms with Crippen molar-refractivity contribution in [2.24, 2.45) is 0 Å². The molecule has 0 aromatic rings. The average molecular weight is 184 g/mol. The van der Waals surface area contributed by atoms with E-state index in [1.807, 2.05) is 13.8 Å². The summed E-state index contributed by atoms with van der Waals surface area (Å²) in [6.45, 7) is 11.1. The zero-order valence-electron chi connectivity index (χ0n) is 9.51. The highest BCUT2D eigenvalue weighted by Crippen LogP contribution is 2.21. The van der Waals surface area contributed by atoms with Crippen molar-refractivity contribution < 1.29 is 0 Å². The fourth-order valence-corrected chi connectivity index (χ4v) is 2.25. The molecule has 2 aliphatic rings. The Balaban J connectivity index is 0.000000396. The van der Waals surface area contributed by atoms with Crippen LogP contribution < -0.4 is 5.32 Å². The number of fused-ring (bicyclic) bond motifs is 2. The SMILES string of the molecule is CC.CC(C)N1CC2CCC(C1)N2. The summed E-state index contributed by atoms with van der Waals surface area (Å²) >= 11 is 0. The second-order valence-electron chi connectivity index (χ2n) is 4.19. The highest BCUT2D eigenvalue weighted by Gasteiger charge is 2.32. The molecule has 2 atom stereocenters. The molecule has 2 fully saturated rings. The first-order valence-corrected chi connectivity index (χ1v) is 5.76. The molecule has 2 saturated heterocycles. The van der Waals surface area contributed by atoms with Crippen molar-refractivity contribution in [2.45, 2.75) is 58.7 Å². The molecule has 13 heavy (non-hydrogen) atoms. The van der Waals surface area contributed by atoms with Gasteiger partial charge in [0, 0.05) is 31.2 Å². The van der Waals surface area contributed by atoms with Crippen LogP contribution in [0.5, 0.6) is 0 Å². The predicted octanol–water partition coefficient (Wildman–Crippen LogP) is 1.86. The van der Waals surface area contributed by atoms with Crippen LogP contribution in [0.4, 0.5) is 0 Å². The molecule has 2 unspecified atom stereocenters.